The SMILES string of the molecule is CCN(CC(=O)O)C1CCN(C(=O)c2cc3c(s2)CCC(C)C3)CC1. The Balaban J connectivity index is 1.59. The Bertz CT molecular complexity index is 635. The minimum Gasteiger partial charge on any atom is -0.480 e. The van der Waals surface area contributed by atoms with Crippen molar-refractivity contribution in [1.82, 2.24) is 9.80 Å². The van der Waals surface area contributed by atoms with Crippen LogP contribution in [0.2, 0.25) is 0 Å². The standard InChI is InChI=1S/C19H28N2O3S/c1-3-20(12-18(22)23)15-6-8-21(9-7-15)19(24)17-11-14-10-13(2)4-5-16(14)25-17/h11,13,15H,3-10,12H2,1-2H3,(H,22,23). The van der Waals surface area contributed by atoms with Gasteiger partial charge in [-0.15, -0.1) is 11.3 Å². The van der Waals surface area contributed by atoms with E-state index in [2.05, 4.69) is 13.0 Å². The van der Waals surface area contributed by atoms with Crippen LogP contribution in [0.3, 0.4) is 0 Å². The second-order valence-electron chi connectivity index (χ2n) is 7.39. The second-order valence-corrected chi connectivity index (χ2v) is 8.52. The molecular formula is C19H28N2O3S. The van der Waals surface area contributed by atoms with E-state index in [1.807, 2.05) is 16.7 Å². The third-order valence-corrected chi connectivity index (χ3v) is 6.78. The van der Waals surface area contributed by atoms with Gasteiger partial charge in [0.15, 0.2) is 0 Å². The summed E-state index contributed by atoms with van der Waals surface area (Å²) < 4.78 is 0. The normalized spacial score (nSPS) is 21.4. The molecule has 1 aliphatic heterocycles. The van der Waals surface area contributed by atoms with Gasteiger partial charge in [-0.25, -0.2) is 0 Å². The number of aliphatic carboxylic acids is 1. The topological polar surface area (TPSA) is 60.9 Å². The van der Waals surface area contributed by atoms with Crippen LogP contribution in [0.1, 0.15) is 53.2 Å². The Hall–Kier alpha value is -1.40. The van der Waals surface area contributed by atoms with Crippen LogP contribution in [0.5, 0.6) is 0 Å². The molecule has 2 heterocycles. The van der Waals surface area contributed by atoms with Crippen LogP contribution >= 0.6 is 11.3 Å². The lowest BCUT2D eigenvalue weighted by Crippen LogP contribution is -2.48. The maximum atomic E-state index is 12.9. The van der Waals surface area contributed by atoms with Gasteiger partial charge in [0.05, 0.1) is 11.4 Å². The van der Waals surface area contributed by atoms with Crippen LogP contribution in [0.4, 0.5) is 0 Å². The summed E-state index contributed by atoms with van der Waals surface area (Å²) in [6, 6.07) is 2.38. The first-order chi connectivity index (χ1) is 12.0. The first-order valence-electron chi connectivity index (χ1n) is 9.34. The van der Waals surface area contributed by atoms with Gasteiger partial charge in [-0.2, -0.15) is 0 Å². The monoisotopic (exact) mass is 364 g/mol. The van der Waals surface area contributed by atoms with Gasteiger partial charge in [0.2, 0.25) is 0 Å². The number of fused-ring (bicyclic) bond motifs is 1. The summed E-state index contributed by atoms with van der Waals surface area (Å²) in [6.45, 7) is 6.55. The van der Waals surface area contributed by atoms with Crippen LogP contribution in [0, 0.1) is 5.92 Å². The summed E-state index contributed by atoms with van der Waals surface area (Å²) in [5.74, 6) is 0.0978. The van der Waals surface area contributed by atoms with Crippen molar-refractivity contribution in [2.75, 3.05) is 26.2 Å². The molecule has 3 rings (SSSR count). The fourth-order valence-corrected chi connectivity index (χ4v) is 5.25. The number of carboxylic acids is 1. The van der Waals surface area contributed by atoms with E-state index in [1.165, 1.54) is 16.9 Å². The molecule has 0 aromatic carbocycles. The zero-order valence-electron chi connectivity index (χ0n) is 15.2. The fourth-order valence-electron chi connectivity index (χ4n) is 4.07. The number of carbonyl (C=O) groups is 2. The molecule has 1 aliphatic carbocycles. The Morgan fingerprint density at radius 2 is 2.04 bits per heavy atom. The van der Waals surface area contributed by atoms with Crippen LogP contribution in [-0.4, -0.2) is 59.0 Å². The van der Waals surface area contributed by atoms with Gasteiger partial charge in [0.25, 0.3) is 5.91 Å². The number of piperidine rings is 1. The molecule has 0 radical (unpaired) electrons. The van der Waals surface area contributed by atoms with Gasteiger partial charge in [0, 0.05) is 24.0 Å². The number of amides is 1. The van der Waals surface area contributed by atoms with Crippen molar-refractivity contribution in [3.63, 3.8) is 0 Å². The van der Waals surface area contributed by atoms with Gasteiger partial charge < -0.3 is 10.0 Å². The molecule has 1 atom stereocenters. The highest BCUT2D eigenvalue weighted by atomic mass is 32.1. The molecule has 0 saturated carbocycles. The van der Waals surface area contributed by atoms with E-state index in [4.69, 9.17) is 5.11 Å². The van der Waals surface area contributed by atoms with E-state index in [1.54, 1.807) is 11.3 Å². The molecule has 2 aliphatic rings. The van der Waals surface area contributed by atoms with Crippen molar-refractivity contribution in [2.24, 2.45) is 5.92 Å². The molecule has 6 heteroatoms. The number of carboxylic acid groups (broad SMARTS) is 1. The number of nitrogens with zero attached hydrogens (tertiary/aromatic N) is 2. The number of likely N-dealkylation sites (tertiary alicyclic amines) is 1. The number of hydrogen-bond donors (Lipinski definition) is 1. The Kier molecular flexibility index (Phi) is 5.79. The molecular weight excluding hydrogens is 336 g/mol. The highest BCUT2D eigenvalue weighted by molar-refractivity contribution is 7.14. The molecule has 138 valence electrons. The van der Waals surface area contributed by atoms with Crippen LogP contribution in [-0.2, 0) is 17.6 Å². The lowest BCUT2D eigenvalue weighted by molar-refractivity contribution is -0.139. The quantitative estimate of drug-likeness (QED) is 0.873. The van der Waals surface area contributed by atoms with Crippen molar-refractivity contribution in [1.29, 1.82) is 0 Å². The minimum absolute atomic E-state index is 0.0882. The van der Waals surface area contributed by atoms with Crippen molar-refractivity contribution in [2.45, 2.75) is 52.0 Å². The summed E-state index contributed by atoms with van der Waals surface area (Å²) >= 11 is 1.68. The van der Waals surface area contributed by atoms with Crippen molar-refractivity contribution in [3.8, 4) is 0 Å². The fraction of sp³-hybridized carbons (Fsp3) is 0.684. The second kappa shape index (κ2) is 7.87. The highest BCUT2D eigenvalue weighted by Crippen LogP contribution is 2.33. The minimum atomic E-state index is -0.779. The van der Waals surface area contributed by atoms with Crippen molar-refractivity contribution < 1.29 is 14.7 Å². The molecule has 5 nitrogen and oxygen atoms in total. The van der Waals surface area contributed by atoms with Crippen LogP contribution < -0.4 is 0 Å². The van der Waals surface area contributed by atoms with E-state index in [0.717, 1.165) is 56.1 Å². The molecule has 1 fully saturated rings. The maximum absolute atomic E-state index is 12.9. The highest BCUT2D eigenvalue weighted by Gasteiger charge is 2.29. The summed E-state index contributed by atoms with van der Waals surface area (Å²) in [5, 5.41) is 9.03. The predicted octanol–water partition coefficient (Wildman–Crippen LogP) is 2.88. The number of aryl methyl sites for hydroxylation is 1. The number of rotatable bonds is 5. The predicted molar refractivity (Wildman–Crippen MR) is 99.3 cm³/mol. The lowest BCUT2D eigenvalue weighted by Gasteiger charge is -2.37. The van der Waals surface area contributed by atoms with Crippen LogP contribution in [0.25, 0.3) is 0 Å². The molecule has 25 heavy (non-hydrogen) atoms. The van der Waals surface area contributed by atoms with Gasteiger partial charge >= 0.3 is 5.97 Å². The third-order valence-electron chi connectivity index (χ3n) is 5.55. The van der Waals surface area contributed by atoms with Crippen molar-refractivity contribution in [3.05, 3.63) is 21.4 Å². The van der Waals surface area contributed by atoms with Gasteiger partial charge in [0.1, 0.15) is 0 Å². The van der Waals surface area contributed by atoms with Gasteiger partial charge in [-0.1, -0.05) is 13.8 Å². The average molecular weight is 365 g/mol. The molecule has 1 unspecified atom stereocenters. The number of thiophene rings is 1. The first-order valence-corrected chi connectivity index (χ1v) is 10.2. The zero-order valence-corrected chi connectivity index (χ0v) is 16.0. The van der Waals surface area contributed by atoms with E-state index < -0.39 is 5.97 Å². The van der Waals surface area contributed by atoms with E-state index in [0.29, 0.717) is 0 Å². The molecule has 1 aromatic heterocycles. The summed E-state index contributed by atoms with van der Waals surface area (Å²) in [4.78, 5) is 30.1. The molecule has 0 bridgehead atoms. The van der Waals surface area contributed by atoms with E-state index in [9.17, 15) is 9.59 Å². The van der Waals surface area contributed by atoms with Crippen LogP contribution in [0.15, 0.2) is 6.07 Å². The Morgan fingerprint density at radius 1 is 1.32 bits per heavy atom. The van der Waals surface area contributed by atoms with E-state index in [-0.39, 0.29) is 18.5 Å². The van der Waals surface area contributed by atoms with Gasteiger partial charge in [-0.3, -0.25) is 14.5 Å². The summed E-state index contributed by atoms with van der Waals surface area (Å²) in [6.07, 6.45) is 5.14. The van der Waals surface area contributed by atoms with E-state index >= 15 is 0 Å². The number of hydrogen-bond acceptors (Lipinski definition) is 4. The molecule has 0 spiro atoms. The smallest absolute Gasteiger partial charge is 0.317 e. The van der Waals surface area contributed by atoms with Gasteiger partial charge in [-0.05, 0) is 56.2 Å². The largest absolute Gasteiger partial charge is 0.480 e. The maximum Gasteiger partial charge on any atom is 0.317 e. The Labute approximate surface area is 153 Å². The number of likely N-dealkylation sites (N-methyl/N-ethyl adjacent to an activating group) is 1. The molecule has 1 N–H and O–H groups in total. The lowest BCUT2D eigenvalue weighted by atomic mass is 9.90. The zero-order chi connectivity index (χ0) is 18.0. The first kappa shape index (κ1) is 18.4. The molecule has 1 saturated heterocycles. The molecule has 1 aromatic rings. The Morgan fingerprint density at radius 3 is 2.68 bits per heavy atom. The summed E-state index contributed by atoms with van der Waals surface area (Å²) in [5.41, 5.74) is 1.38. The number of carbonyl (C=O) groups excluding carboxylic acids is 1. The van der Waals surface area contributed by atoms with Crippen molar-refractivity contribution >= 4 is 23.2 Å². The summed E-state index contributed by atoms with van der Waals surface area (Å²) in [7, 11) is 0. The third kappa shape index (κ3) is 4.23. The average Bonchev–Trinajstić information content (AvgIpc) is 3.02. The molecule has 1 amide bonds.